The van der Waals surface area contributed by atoms with Gasteiger partial charge < -0.3 is 10.3 Å². The van der Waals surface area contributed by atoms with Gasteiger partial charge in [0.05, 0.1) is 16.8 Å². The van der Waals surface area contributed by atoms with Gasteiger partial charge in [-0.15, -0.1) is 0 Å². The molecule has 0 unspecified atom stereocenters. The zero-order valence-corrected chi connectivity index (χ0v) is 17.8. The van der Waals surface area contributed by atoms with Crippen molar-refractivity contribution in [3.63, 3.8) is 0 Å². The molecule has 2 heterocycles. The van der Waals surface area contributed by atoms with Gasteiger partial charge in [-0.05, 0) is 73.9 Å². The van der Waals surface area contributed by atoms with Gasteiger partial charge in [-0.25, -0.2) is 9.97 Å². The second kappa shape index (κ2) is 7.78. The van der Waals surface area contributed by atoms with E-state index in [2.05, 4.69) is 9.97 Å². The number of fused-ring (bicyclic) bond motifs is 1. The molecule has 0 fully saturated rings. The number of aromatic nitrogens is 3. The van der Waals surface area contributed by atoms with E-state index in [1.165, 1.54) is 12.1 Å². The van der Waals surface area contributed by atoms with E-state index in [4.69, 9.17) is 5.73 Å². The van der Waals surface area contributed by atoms with Crippen molar-refractivity contribution < 1.29 is 13.2 Å². The van der Waals surface area contributed by atoms with Gasteiger partial charge in [0.2, 0.25) is 0 Å². The summed E-state index contributed by atoms with van der Waals surface area (Å²) < 4.78 is 41.7. The highest BCUT2D eigenvalue weighted by molar-refractivity contribution is 5.96. The smallest absolute Gasteiger partial charge is 0.399 e. The van der Waals surface area contributed by atoms with Crippen LogP contribution in [0.25, 0.3) is 33.3 Å². The van der Waals surface area contributed by atoms with Crippen LogP contribution in [-0.4, -0.2) is 14.5 Å². The minimum atomic E-state index is -4.53. The quantitative estimate of drug-likeness (QED) is 0.437. The molecule has 0 atom stereocenters. The number of anilines is 1. The molecule has 0 saturated heterocycles. The van der Waals surface area contributed by atoms with Gasteiger partial charge in [0.1, 0.15) is 5.82 Å². The monoisotopic (exact) mass is 438 g/mol. The van der Waals surface area contributed by atoms with Crippen molar-refractivity contribution in [2.75, 3.05) is 5.73 Å². The number of nitrogens with zero attached hydrogens (tertiary/aromatic N) is 3. The molecule has 0 aliphatic heterocycles. The van der Waals surface area contributed by atoms with Gasteiger partial charge in [-0.2, -0.15) is 13.2 Å². The molecule has 2 aromatic carbocycles. The number of hydrogen-bond acceptors (Lipinski definition) is 4. The molecule has 4 aromatic rings. The molecule has 0 spiro atoms. The third-order valence-corrected chi connectivity index (χ3v) is 5.34. The van der Waals surface area contributed by atoms with E-state index in [1.807, 2.05) is 26.0 Å². The molecule has 2 aromatic heterocycles. The Kier molecular flexibility index (Phi) is 5.24. The topological polar surface area (TPSA) is 73.8 Å². The first-order valence-corrected chi connectivity index (χ1v) is 10.0. The predicted molar refractivity (Wildman–Crippen MR) is 119 cm³/mol. The Bertz CT molecular complexity index is 1410. The minimum Gasteiger partial charge on any atom is -0.399 e. The van der Waals surface area contributed by atoms with E-state index >= 15 is 0 Å². The first kappa shape index (κ1) is 21.5. The second-order valence-electron chi connectivity index (χ2n) is 7.69. The van der Waals surface area contributed by atoms with E-state index < -0.39 is 11.7 Å². The van der Waals surface area contributed by atoms with E-state index in [9.17, 15) is 18.0 Å². The number of pyridine rings is 1. The molecule has 8 heteroatoms. The van der Waals surface area contributed by atoms with Crippen molar-refractivity contribution in [2.45, 2.75) is 33.5 Å². The molecule has 2 N–H and O–H groups in total. The van der Waals surface area contributed by atoms with Crippen molar-refractivity contribution in [1.29, 1.82) is 0 Å². The number of nitrogen functional groups attached to an aromatic ring is 1. The van der Waals surface area contributed by atoms with E-state index in [-0.39, 0.29) is 16.8 Å². The number of alkyl halides is 3. The zero-order chi connectivity index (χ0) is 23.2. The lowest BCUT2D eigenvalue weighted by atomic mass is 9.96. The van der Waals surface area contributed by atoms with E-state index in [0.29, 0.717) is 29.0 Å². The van der Waals surface area contributed by atoms with Gasteiger partial charge in [0.15, 0.2) is 0 Å². The highest BCUT2D eigenvalue weighted by Gasteiger charge is 2.31. The SMILES string of the molecule is CCn1cc(-c2cc3c(-c4cc(N)cc(C(F)(F)F)c4)nc(C)nc3cc2C)ccc1=O. The van der Waals surface area contributed by atoms with Crippen molar-refractivity contribution in [1.82, 2.24) is 14.5 Å². The fourth-order valence-corrected chi connectivity index (χ4v) is 3.82. The number of hydrogen-bond donors (Lipinski definition) is 1. The average Bonchev–Trinajstić information content (AvgIpc) is 2.72. The molecule has 0 radical (unpaired) electrons. The van der Waals surface area contributed by atoms with Gasteiger partial charge in [-0.1, -0.05) is 0 Å². The Balaban J connectivity index is 2.00. The Hall–Kier alpha value is -3.68. The van der Waals surface area contributed by atoms with Crippen LogP contribution in [-0.2, 0) is 12.7 Å². The van der Waals surface area contributed by atoms with E-state index in [0.717, 1.165) is 28.8 Å². The van der Waals surface area contributed by atoms with Crippen LogP contribution in [0.5, 0.6) is 0 Å². The molecular formula is C24H21F3N4O. The molecule has 0 saturated carbocycles. The van der Waals surface area contributed by atoms with Crippen LogP contribution < -0.4 is 11.3 Å². The first-order valence-electron chi connectivity index (χ1n) is 10.0. The van der Waals surface area contributed by atoms with Gasteiger partial charge in [0, 0.05) is 35.4 Å². The molecular weight excluding hydrogens is 417 g/mol. The average molecular weight is 438 g/mol. The fourth-order valence-electron chi connectivity index (χ4n) is 3.82. The zero-order valence-electron chi connectivity index (χ0n) is 17.8. The second-order valence-corrected chi connectivity index (χ2v) is 7.69. The van der Waals surface area contributed by atoms with E-state index in [1.54, 1.807) is 23.8 Å². The van der Waals surface area contributed by atoms with Crippen LogP contribution in [0.15, 0.2) is 53.5 Å². The van der Waals surface area contributed by atoms with Crippen LogP contribution in [0.1, 0.15) is 23.9 Å². The van der Waals surface area contributed by atoms with Crippen LogP contribution in [0.4, 0.5) is 18.9 Å². The maximum absolute atomic E-state index is 13.4. The summed E-state index contributed by atoms with van der Waals surface area (Å²) in [6.07, 6.45) is -2.76. The summed E-state index contributed by atoms with van der Waals surface area (Å²) in [5, 5.41) is 0.601. The number of halogens is 3. The predicted octanol–water partition coefficient (Wildman–Crippen LogP) is 5.36. The number of rotatable bonds is 3. The van der Waals surface area contributed by atoms with Crippen LogP contribution in [0.3, 0.4) is 0 Å². The Morgan fingerprint density at radius 3 is 2.44 bits per heavy atom. The number of aryl methyl sites for hydroxylation is 3. The maximum Gasteiger partial charge on any atom is 0.416 e. The number of benzene rings is 2. The molecule has 5 nitrogen and oxygen atoms in total. The van der Waals surface area contributed by atoms with Gasteiger partial charge >= 0.3 is 6.18 Å². The van der Waals surface area contributed by atoms with Gasteiger partial charge in [-0.3, -0.25) is 4.79 Å². The summed E-state index contributed by atoms with van der Waals surface area (Å²) in [5.41, 5.74) is 8.69. The molecule has 4 rings (SSSR count). The molecule has 164 valence electrons. The lowest BCUT2D eigenvalue weighted by Crippen LogP contribution is -2.17. The normalized spacial score (nSPS) is 11.8. The third-order valence-electron chi connectivity index (χ3n) is 5.34. The molecule has 0 aliphatic carbocycles. The standard InChI is InChI=1S/C24H21F3N4O/c1-4-31-12-15(5-6-22(31)32)19-11-20-21(7-13(19)2)29-14(3)30-23(20)16-8-17(24(25,26)27)10-18(28)9-16/h5-12H,4,28H2,1-3H3. The lowest BCUT2D eigenvalue weighted by Gasteiger charge is -2.15. The molecule has 0 amide bonds. The highest BCUT2D eigenvalue weighted by atomic mass is 19.4. The van der Waals surface area contributed by atoms with Crippen molar-refractivity contribution in [3.05, 3.63) is 76.0 Å². The van der Waals surface area contributed by atoms with Gasteiger partial charge in [0.25, 0.3) is 5.56 Å². The molecule has 32 heavy (non-hydrogen) atoms. The molecule has 0 bridgehead atoms. The maximum atomic E-state index is 13.4. The lowest BCUT2D eigenvalue weighted by molar-refractivity contribution is -0.137. The highest BCUT2D eigenvalue weighted by Crippen LogP contribution is 2.37. The summed E-state index contributed by atoms with van der Waals surface area (Å²) in [4.78, 5) is 20.9. The van der Waals surface area contributed by atoms with Crippen LogP contribution in [0, 0.1) is 13.8 Å². The first-order chi connectivity index (χ1) is 15.1. The van der Waals surface area contributed by atoms with Crippen LogP contribution >= 0.6 is 0 Å². The Morgan fingerprint density at radius 2 is 1.75 bits per heavy atom. The summed E-state index contributed by atoms with van der Waals surface area (Å²) in [7, 11) is 0. The summed E-state index contributed by atoms with van der Waals surface area (Å²) in [6, 6.07) is 10.4. The summed E-state index contributed by atoms with van der Waals surface area (Å²) in [6.45, 7) is 6.03. The van der Waals surface area contributed by atoms with Crippen molar-refractivity contribution >= 4 is 16.6 Å². The third kappa shape index (κ3) is 3.95. The number of nitrogens with two attached hydrogens (primary N) is 1. The molecule has 0 aliphatic rings. The summed E-state index contributed by atoms with van der Waals surface area (Å²) in [5.74, 6) is 0.440. The van der Waals surface area contributed by atoms with Crippen molar-refractivity contribution in [3.8, 4) is 22.4 Å². The summed E-state index contributed by atoms with van der Waals surface area (Å²) >= 11 is 0. The largest absolute Gasteiger partial charge is 0.416 e. The fraction of sp³-hybridized carbons (Fsp3) is 0.208. The Morgan fingerprint density at radius 1 is 1.00 bits per heavy atom. The minimum absolute atomic E-state index is 0.00148. The Labute approximate surface area is 182 Å². The van der Waals surface area contributed by atoms with Crippen molar-refractivity contribution in [2.24, 2.45) is 0 Å². The van der Waals surface area contributed by atoms with Crippen LogP contribution in [0.2, 0.25) is 0 Å².